The Morgan fingerprint density at radius 2 is 1.80 bits per heavy atom. The summed E-state index contributed by atoms with van der Waals surface area (Å²) in [6, 6.07) is 9.46. The lowest BCUT2D eigenvalue weighted by molar-refractivity contribution is 0.414. The fourth-order valence-corrected chi connectivity index (χ4v) is 2.92. The van der Waals surface area contributed by atoms with E-state index in [0.717, 1.165) is 12.2 Å². The molecule has 0 aliphatic rings. The molecule has 0 saturated carbocycles. The Labute approximate surface area is 98.1 Å². The van der Waals surface area contributed by atoms with Crippen LogP contribution in [0.25, 0.3) is 0 Å². The largest absolute Gasteiger partial charge is 0.497 e. The van der Waals surface area contributed by atoms with E-state index in [2.05, 4.69) is 25.2 Å². The van der Waals surface area contributed by atoms with Gasteiger partial charge in [0.1, 0.15) is 5.75 Å². The van der Waals surface area contributed by atoms with Gasteiger partial charge in [0.25, 0.3) is 0 Å². The van der Waals surface area contributed by atoms with Crippen molar-refractivity contribution in [1.82, 2.24) is 0 Å². The molecule has 0 saturated heterocycles. The van der Waals surface area contributed by atoms with Gasteiger partial charge in [0.2, 0.25) is 0 Å². The molecule has 0 fully saturated rings. The average molecular weight is 243 g/mol. The number of halogens is 1. The molecule has 0 atom stereocenters. The lowest BCUT2D eigenvalue weighted by Gasteiger charge is -2.12. The van der Waals surface area contributed by atoms with Crippen LogP contribution in [0.1, 0.15) is 12.0 Å². The maximum absolute atomic E-state index is 6.27. The van der Waals surface area contributed by atoms with Crippen LogP contribution in [0.15, 0.2) is 24.3 Å². The van der Waals surface area contributed by atoms with Crippen molar-refractivity contribution in [2.75, 3.05) is 7.11 Å². The lowest BCUT2D eigenvalue weighted by Crippen LogP contribution is -2.15. The Morgan fingerprint density at radius 1 is 1.20 bits per heavy atom. The highest BCUT2D eigenvalue weighted by molar-refractivity contribution is 7.19. The van der Waals surface area contributed by atoms with E-state index in [1.165, 1.54) is 18.0 Å². The quantitative estimate of drug-likeness (QED) is 0.559. The third kappa shape index (κ3) is 5.24. The molecule has 1 rings (SSSR count). The topological polar surface area (TPSA) is 9.23 Å². The Bertz CT molecular complexity index is 289. The second-order valence-electron chi connectivity index (χ2n) is 4.42. The first kappa shape index (κ1) is 12.6. The van der Waals surface area contributed by atoms with Crippen molar-refractivity contribution in [3.05, 3.63) is 29.8 Å². The van der Waals surface area contributed by atoms with Crippen molar-refractivity contribution < 1.29 is 4.74 Å². The molecule has 1 aromatic carbocycles. The number of ether oxygens (including phenoxy) is 1. The number of hydrogen-bond donors (Lipinski definition) is 0. The van der Waals surface area contributed by atoms with E-state index < -0.39 is 7.38 Å². The van der Waals surface area contributed by atoms with Crippen LogP contribution >= 0.6 is 11.1 Å². The van der Waals surface area contributed by atoms with Gasteiger partial charge in [0, 0.05) is 0 Å². The van der Waals surface area contributed by atoms with Crippen molar-refractivity contribution in [3.63, 3.8) is 0 Å². The third-order valence-corrected chi connectivity index (χ3v) is 4.51. The minimum atomic E-state index is -1.38. The highest BCUT2D eigenvalue weighted by Gasteiger charge is 2.15. The van der Waals surface area contributed by atoms with Crippen molar-refractivity contribution in [1.29, 1.82) is 0 Å². The summed E-state index contributed by atoms with van der Waals surface area (Å²) in [5, 5.41) is 0. The monoisotopic (exact) mass is 242 g/mol. The fraction of sp³-hybridized carbons (Fsp3) is 0.500. The van der Waals surface area contributed by atoms with Crippen LogP contribution in [0.2, 0.25) is 19.1 Å². The zero-order chi connectivity index (χ0) is 11.3. The third-order valence-electron chi connectivity index (χ3n) is 2.40. The van der Waals surface area contributed by atoms with Gasteiger partial charge in [0.15, 0.2) is 7.38 Å². The van der Waals surface area contributed by atoms with Crippen LogP contribution in [0, 0.1) is 0 Å². The Balaban J connectivity index is 2.38. The van der Waals surface area contributed by atoms with Crippen molar-refractivity contribution in [2.24, 2.45) is 0 Å². The summed E-state index contributed by atoms with van der Waals surface area (Å²) < 4.78 is 5.11. The molecule has 0 N–H and O–H groups in total. The highest BCUT2D eigenvalue weighted by Crippen LogP contribution is 2.19. The molecule has 1 aromatic rings. The normalized spacial score (nSPS) is 11.5. The van der Waals surface area contributed by atoms with Crippen molar-refractivity contribution in [3.8, 4) is 5.75 Å². The van der Waals surface area contributed by atoms with Crippen LogP contribution in [-0.4, -0.2) is 14.5 Å². The summed E-state index contributed by atoms with van der Waals surface area (Å²) in [4.78, 5) is 0. The first-order chi connectivity index (χ1) is 7.01. The molecule has 0 heterocycles. The molecule has 3 heteroatoms. The maximum Gasteiger partial charge on any atom is 0.150 e. The predicted molar refractivity (Wildman–Crippen MR) is 69.5 cm³/mol. The molecule has 0 radical (unpaired) electrons. The molecule has 0 unspecified atom stereocenters. The van der Waals surface area contributed by atoms with E-state index in [9.17, 15) is 0 Å². The second kappa shape index (κ2) is 5.57. The molecule has 84 valence electrons. The van der Waals surface area contributed by atoms with Crippen molar-refractivity contribution >= 4 is 18.5 Å². The fourth-order valence-electron chi connectivity index (χ4n) is 1.51. The van der Waals surface area contributed by atoms with Gasteiger partial charge in [-0.2, -0.15) is 11.1 Å². The van der Waals surface area contributed by atoms with E-state index >= 15 is 0 Å². The summed E-state index contributed by atoms with van der Waals surface area (Å²) in [5.41, 5.74) is 1.37. The molecule has 0 aromatic heterocycles. The van der Waals surface area contributed by atoms with Crippen LogP contribution in [-0.2, 0) is 6.42 Å². The van der Waals surface area contributed by atoms with E-state index in [0.29, 0.717) is 0 Å². The maximum atomic E-state index is 6.27. The Kier molecular flexibility index (Phi) is 4.67. The zero-order valence-corrected chi connectivity index (χ0v) is 11.5. The number of benzene rings is 1. The zero-order valence-electron chi connectivity index (χ0n) is 9.72. The highest BCUT2D eigenvalue weighted by atomic mass is 35.6. The summed E-state index contributed by atoms with van der Waals surface area (Å²) in [5.74, 6) is 0.922. The molecule has 0 aliphatic carbocycles. The first-order valence-electron chi connectivity index (χ1n) is 5.33. The number of rotatable bonds is 5. The molecule has 0 amide bonds. The van der Waals surface area contributed by atoms with Crippen LogP contribution in [0.5, 0.6) is 5.75 Å². The van der Waals surface area contributed by atoms with Gasteiger partial charge < -0.3 is 4.74 Å². The smallest absolute Gasteiger partial charge is 0.150 e. The molecule has 1 nitrogen and oxygen atoms in total. The van der Waals surface area contributed by atoms with Crippen LogP contribution in [0.3, 0.4) is 0 Å². The molecule has 0 aliphatic heterocycles. The molecule has 0 spiro atoms. The van der Waals surface area contributed by atoms with Gasteiger partial charge in [-0.15, -0.1) is 0 Å². The average Bonchev–Trinajstić information content (AvgIpc) is 2.17. The van der Waals surface area contributed by atoms with Gasteiger partial charge >= 0.3 is 0 Å². The second-order valence-corrected chi connectivity index (χ2v) is 11.4. The molecular formula is C12H19ClOSi. The SMILES string of the molecule is COc1ccc(CCC[Si](C)(C)Cl)cc1. The molecular weight excluding hydrogens is 224 g/mol. The van der Waals surface area contributed by atoms with Gasteiger partial charge in [0.05, 0.1) is 7.11 Å². The summed E-state index contributed by atoms with van der Waals surface area (Å²) in [7, 11) is 0.310. The Morgan fingerprint density at radius 3 is 2.27 bits per heavy atom. The standard InChI is InChI=1S/C12H19ClOSi/c1-14-12-8-6-11(7-9-12)5-4-10-15(2,3)13/h6-9H,4-5,10H2,1-3H3. The number of hydrogen-bond acceptors (Lipinski definition) is 1. The summed E-state index contributed by atoms with van der Waals surface area (Å²) >= 11 is 6.27. The van der Waals surface area contributed by atoms with Gasteiger partial charge in [-0.1, -0.05) is 31.6 Å². The van der Waals surface area contributed by atoms with Gasteiger partial charge in [-0.3, -0.25) is 0 Å². The molecule has 0 bridgehead atoms. The van der Waals surface area contributed by atoms with E-state index in [4.69, 9.17) is 15.8 Å². The van der Waals surface area contributed by atoms with Crippen LogP contribution < -0.4 is 4.74 Å². The van der Waals surface area contributed by atoms with Gasteiger partial charge in [-0.25, -0.2) is 0 Å². The minimum Gasteiger partial charge on any atom is -0.497 e. The molecule has 15 heavy (non-hydrogen) atoms. The van der Waals surface area contributed by atoms with E-state index in [1.807, 2.05) is 12.1 Å². The van der Waals surface area contributed by atoms with E-state index in [1.54, 1.807) is 7.11 Å². The predicted octanol–water partition coefficient (Wildman–Crippen LogP) is 4.07. The summed E-state index contributed by atoms with van der Waals surface area (Å²) in [6.45, 7) is 4.39. The van der Waals surface area contributed by atoms with E-state index in [-0.39, 0.29) is 0 Å². The van der Waals surface area contributed by atoms with Gasteiger partial charge in [-0.05, 0) is 30.2 Å². The number of aryl methyl sites for hydroxylation is 1. The first-order valence-corrected chi connectivity index (χ1v) is 9.55. The lowest BCUT2D eigenvalue weighted by atomic mass is 10.1. The number of methoxy groups -OCH3 is 1. The van der Waals surface area contributed by atoms with Crippen molar-refractivity contribution in [2.45, 2.75) is 32.0 Å². The van der Waals surface area contributed by atoms with Crippen LogP contribution in [0.4, 0.5) is 0 Å². The minimum absolute atomic E-state index is 0.922. The summed E-state index contributed by atoms with van der Waals surface area (Å²) in [6.07, 6.45) is 2.31. The Hall–Kier alpha value is -0.473.